The quantitative estimate of drug-likeness (QED) is 0.118. The van der Waals surface area contributed by atoms with Crippen molar-refractivity contribution in [1.29, 1.82) is 0 Å². The van der Waals surface area contributed by atoms with Crippen molar-refractivity contribution < 1.29 is 0 Å². The zero-order valence-corrected chi connectivity index (χ0v) is 78.5. The van der Waals surface area contributed by atoms with E-state index in [-0.39, 0.29) is 0 Å². The van der Waals surface area contributed by atoms with Crippen molar-refractivity contribution in [3.05, 3.63) is 479 Å². The number of benzene rings is 19. The Morgan fingerprint density at radius 1 is 0.157 bits per heavy atom. The van der Waals surface area contributed by atoms with Gasteiger partial charge in [0.15, 0.2) is 17.3 Å². The Bertz CT molecular complexity index is 9560. The molecule has 28 aromatic rings. The number of para-hydroxylation sites is 1. The molecule has 9 aromatic heterocycles. The lowest BCUT2D eigenvalue weighted by Crippen LogP contribution is -1.97. The molecule has 9 nitrogen and oxygen atoms in total. The van der Waals surface area contributed by atoms with E-state index in [1.807, 2.05) is 136 Å². The first-order chi connectivity index (χ1) is 69.4. The molecule has 0 amide bonds. The van der Waals surface area contributed by atoms with E-state index in [0.717, 1.165) is 134 Å². The minimum atomic E-state index is 0.655. The predicted molar refractivity (Wildman–Crippen MR) is 593 cm³/mol. The maximum atomic E-state index is 5.30. The van der Waals surface area contributed by atoms with Crippen LogP contribution in [0.25, 0.3) is 260 Å². The highest BCUT2D eigenvalue weighted by molar-refractivity contribution is 7.27. The van der Waals surface area contributed by atoms with Crippen molar-refractivity contribution in [1.82, 2.24) is 44.9 Å². The van der Waals surface area contributed by atoms with Gasteiger partial charge in [-0.15, -0.1) is 45.3 Å². The smallest absolute Gasteiger partial charge is 0.178 e. The van der Waals surface area contributed by atoms with E-state index in [1.54, 1.807) is 6.20 Å². The summed E-state index contributed by atoms with van der Waals surface area (Å²) in [5.41, 5.74) is 28.6. The third-order valence-corrected chi connectivity index (χ3v) is 30.6. The Hall–Kier alpha value is -17.4. The second kappa shape index (κ2) is 37.0. The van der Waals surface area contributed by atoms with Crippen LogP contribution in [0.15, 0.2) is 479 Å². The van der Waals surface area contributed by atoms with Crippen LogP contribution < -0.4 is 0 Å². The van der Waals surface area contributed by atoms with Crippen LogP contribution in [0.4, 0.5) is 0 Å². The summed E-state index contributed by atoms with van der Waals surface area (Å²) in [5, 5.41) is 12.6. The zero-order valence-electron chi connectivity index (χ0n) is 75.3. The van der Waals surface area contributed by atoms with E-state index in [4.69, 9.17) is 39.9 Å². The Kier molecular flexibility index (Phi) is 22.3. The summed E-state index contributed by atoms with van der Waals surface area (Å²) in [6, 6.07) is 165. The third-order valence-electron chi connectivity index (χ3n) is 25.8. The van der Waals surface area contributed by atoms with Crippen molar-refractivity contribution in [3.63, 3.8) is 0 Å². The molecule has 0 saturated heterocycles. The molecule has 0 bridgehead atoms. The van der Waals surface area contributed by atoms with E-state index in [2.05, 4.69) is 387 Å². The number of nitrogens with zero attached hydrogens (tertiary/aromatic N) is 9. The lowest BCUT2D eigenvalue weighted by atomic mass is 9.97. The molecule has 0 aliphatic carbocycles. The molecule has 13 heteroatoms. The summed E-state index contributed by atoms with van der Waals surface area (Å²) in [6.45, 7) is 0. The average molecular weight is 1860 g/mol. The van der Waals surface area contributed by atoms with Gasteiger partial charge in [0.25, 0.3) is 0 Å². The second-order valence-electron chi connectivity index (χ2n) is 34.4. The molecule has 28 rings (SSSR count). The molecule has 0 unspecified atom stereocenters. The molecule has 0 spiro atoms. The number of hydrogen-bond acceptors (Lipinski definition) is 13. The molecule has 0 aliphatic rings. The highest BCUT2D eigenvalue weighted by Gasteiger charge is 2.24. The average Bonchev–Trinajstić information content (AvgIpc) is 1.50. The van der Waals surface area contributed by atoms with Gasteiger partial charge in [-0.1, -0.05) is 400 Å². The number of fused-ring (bicyclic) bond motifs is 16. The first-order valence-corrected chi connectivity index (χ1v) is 49.9. The summed E-state index contributed by atoms with van der Waals surface area (Å²) in [4.78, 5) is 44.9. The molecule has 0 aliphatic heterocycles. The van der Waals surface area contributed by atoms with Crippen molar-refractivity contribution in [2.24, 2.45) is 0 Å². The van der Waals surface area contributed by atoms with Gasteiger partial charge in [-0.25, -0.2) is 44.9 Å². The highest BCUT2D eigenvalue weighted by Crippen LogP contribution is 2.48. The maximum absolute atomic E-state index is 5.30. The lowest BCUT2D eigenvalue weighted by molar-refractivity contribution is 1.23. The Labute approximate surface area is 822 Å². The molecule has 0 saturated carbocycles. The van der Waals surface area contributed by atoms with E-state index < -0.39 is 0 Å². The van der Waals surface area contributed by atoms with Gasteiger partial charge in [0.2, 0.25) is 0 Å². The van der Waals surface area contributed by atoms with Gasteiger partial charge >= 0.3 is 0 Å². The summed E-state index contributed by atoms with van der Waals surface area (Å²) in [6.07, 6.45) is 1.76. The predicted octanol–water partition coefficient (Wildman–Crippen LogP) is 35.4. The molecule has 0 radical (unpaired) electrons. The maximum Gasteiger partial charge on any atom is 0.178 e. The first-order valence-electron chi connectivity index (χ1n) is 46.6. The molecule has 0 N–H and O–H groups in total. The Balaban J connectivity index is 0.0000000985. The highest BCUT2D eigenvalue weighted by atomic mass is 32.1. The molecule has 0 atom stereocenters. The van der Waals surface area contributed by atoms with Crippen molar-refractivity contribution in [2.75, 3.05) is 0 Å². The van der Waals surface area contributed by atoms with Crippen molar-refractivity contribution in [2.45, 2.75) is 0 Å². The molecule has 656 valence electrons. The van der Waals surface area contributed by atoms with Gasteiger partial charge in [-0.3, -0.25) is 0 Å². The van der Waals surface area contributed by atoms with Crippen LogP contribution >= 0.6 is 45.3 Å². The Morgan fingerprint density at radius 3 is 1.04 bits per heavy atom. The number of rotatable bonds is 12. The fourth-order valence-electron chi connectivity index (χ4n) is 19.2. The van der Waals surface area contributed by atoms with Gasteiger partial charge < -0.3 is 0 Å². The van der Waals surface area contributed by atoms with Crippen LogP contribution in [0.3, 0.4) is 0 Å². The molecular weight excluding hydrogens is 1780 g/mol. The second-order valence-corrected chi connectivity index (χ2v) is 38.6. The summed E-state index contributed by atoms with van der Waals surface area (Å²) >= 11 is 7.40. The first kappa shape index (κ1) is 84.3. The normalized spacial score (nSPS) is 11.4. The van der Waals surface area contributed by atoms with Gasteiger partial charge in [-0.2, -0.15) is 0 Å². The van der Waals surface area contributed by atoms with Gasteiger partial charge in [0.05, 0.1) is 56.2 Å². The van der Waals surface area contributed by atoms with Crippen LogP contribution in [-0.2, 0) is 0 Å². The SMILES string of the molecule is c1ccc(-c2nc(-c3ccccc3)c3cc(-c4cccc5c4sc4ccccc45)ccc3n2)cc1.c1ccc(-c2nc(-c3ccccc3)c3ccc(-c4cccc5c4sc4ccccc45)cc3n2)cc1.c1ccc(-c2nc3cccc(-c4cccc5c4sc4ccccc45)c3nc2-c2ccccc2)cc1.c1ccc(-c2nc3ncccc3nc2-c2ccc(-c3cccc4sc5ccccc5c34)cc2)cc1. The van der Waals surface area contributed by atoms with Crippen LogP contribution in [0.5, 0.6) is 0 Å². The number of hydrogen-bond donors (Lipinski definition) is 0. The molecular formula is C127H79N9S4. The van der Waals surface area contributed by atoms with Gasteiger partial charge in [0.1, 0.15) is 5.52 Å². The largest absolute Gasteiger partial charge is 0.244 e. The summed E-state index contributed by atoms with van der Waals surface area (Å²) < 4.78 is 10.5. The topological polar surface area (TPSA) is 116 Å². The number of aromatic nitrogens is 9. The molecule has 140 heavy (non-hydrogen) atoms. The fraction of sp³-hybridized carbons (Fsp3) is 0. The molecule has 19 aromatic carbocycles. The minimum absolute atomic E-state index is 0.655. The van der Waals surface area contributed by atoms with Crippen molar-refractivity contribution >= 4 is 170 Å². The molecule has 0 fully saturated rings. The summed E-state index contributed by atoms with van der Waals surface area (Å²) in [5.74, 6) is 1.49. The monoisotopic (exact) mass is 1860 g/mol. The van der Waals surface area contributed by atoms with Crippen LogP contribution in [0, 0.1) is 0 Å². The van der Waals surface area contributed by atoms with Crippen LogP contribution in [-0.4, -0.2) is 44.9 Å². The van der Waals surface area contributed by atoms with Crippen LogP contribution in [0.2, 0.25) is 0 Å². The van der Waals surface area contributed by atoms with E-state index in [1.165, 1.54) is 120 Å². The standard InChI is InChI=1S/3C32H20N2S.C31H19N3S/c1-3-11-21(12-4-1)29-30(22-13-5-2-6-14-22)34-31-24(16-10-19-27(31)33-29)26-18-9-17-25-23-15-7-8-20-28(23)35-32(25)26;1-3-10-21(11-4-1)30-27-20-23(18-19-28(27)33-32(34-30)22-12-5-2-6-13-22)24-15-9-16-26-25-14-7-8-17-29(25)35-31(24)26;1-3-10-21(11-4-1)30-27-19-18-23(20-28(27)33-32(34-30)22-12-5-2-6-13-22)24-15-9-16-26-25-14-7-8-17-29(25)35-31(24)26;1-2-8-21(9-3-1)30-29(33-25-12-7-19-32-31(25)34-30)22-17-15-20(16-18-22)23-11-6-14-27-28(23)24-10-4-5-13-26(24)35-27/h3*1-20H;1-19H. The van der Waals surface area contributed by atoms with Gasteiger partial charge in [0, 0.05) is 153 Å². The zero-order chi connectivity index (χ0) is 92.8. The number of pyridine rings is 1. The Morgan fingerprint density at radius 2 is 0.507 bits per heavy atom. The fourth-order valence-corrected chi connectivity index (χ4v) is 24.0. The third kappa shape index (κ3) is 16.1. The summed E-state index contributed by atoms with van der Waals surface area (Å²) in [7, 11) is 0. The lowest BCUT2D eigenvalue weighted by Gasteiger charge is -2.13. The minimum Gasteiger partial charge on any atom is -0.244 e. The van der Waals surface area contributed by atoms with Crippen molar-refractivity contribution in [3.8, 4) is 135 Å². The van der Waals surface area contributed by atoms with Gasteiger partial charge in [-0.05, 0) is 106 Å². The molecule has 9 heterocycles. The van der Waals surface area contributed by atoms with E-state index >= 15 is 0 Å². The number of thiophene rings is 4. The van der Waals surface area contributed by atoms with E-state index in [0.29, 0.717) is 5.65 Å². The van der Waals surface area contributed by atoms with Crippen LogP contribution in [0.1, 0.15) is 0 Å². The van der Waals surface area contributed by atoms with E-state index in [9.17, 15) is 0 Å².